The van der Waals surface area contributed by atoms with E-state index in [4.69, 9.17) is 4.42 Å². The molecule has 0 bridgehead atoms. The summed E-state index contributed by atoms with van der Waals surface area (Å²) < 4.78 is 31.6. The molecular weight excluding hydrogens is 326 g/mol. The van der Waals surface area contributed by atoms with Crippen LogP contribution in [-0.2, 0) is 13.1 Å². The van der Waals surface area contributed by atoms with Crippen molar-refractivity contribution < 1.29 is 13.2 Å². The lowest BCUT2D eigenvalue weighted by Crippen LogP contribution is -1.98. The van der Waals surface area contributed by atoms with Crippen molar-refractivity contribution in [1.82, 2.24) is 25.0 Å². The first-order chi connectivity index (χ1) is 11.2. The summed E-state index contributed by atoms with van der Waals surface area (Å²) in [5, 5.41) is 15.1. The van der Waals surface area contributed by atoms with Crippen LogP contribution in [0.3, 0.4) is 0 Å². The molecule has 122 valence electrons. The molecule has 0 aliphatic carbocycles. The van der Waals surface area contributed by atoms with E-state index < -0.39 is 12.3 Å². The molecule has 0 spiro atoms. The zero-order chi connectivity index (χ0) is 16.2. The summed E-state index contributed by atoms with van der Waals surface area (Å²) in [6.45, 7) is 3.45. The lowest BCUT2D eigenvalue weighted by Gasteiger charge is -1.99. The molecule has 23 heavy (non-hydrogen) atoms. The van der Waals surface area contributed by atoms with Crippen LogP contribution in [0.4, 0.5) is 14.5 Å². The van der Waals surface area contributed by atoms with Gasteiger partial charge in [-0.15, -0.1) is 21.5 Å². The SMILES string of the molecule is CCCn1cc(NCc2ncc(-c3nnc(C(F)F)o3)s2)cn1. The fourth-order valence-corrected chi connectivity index (χ4v) is 2.68. The highest BCUT2D eigenvalue weighted by Gasteiger charge is 2.18. The first-order valence-corrected chi connectivity index (χ1v) is 7.80. The average Bonchev–Trinajstić information content (AvgIpc) is 3.25. The summed E-state index contributed by atoms with van der Waals surface area (Å²) in [4.78, 5) is 4.78. The standard InChI is InChI=1S/C13H14F2N6OS/c1-2-3-21-7-8(4-18-21)16-6-10-17-5-9(23-10)12-19-20-13(22-12)11(14)15/h4-5,7,11,16H,2-3,6H2,1H3. The molecule has 3 aromatic heterocycles. The molecule has 3 heterocycles. The van der Waals surface area contributed by atoms with E-state index in [1.807, 2.05) is 10.9 Å². The molecule has 3 rings (SSSR count). The molecule has 0 radical (unpaired) electrons. The average molecular weight is 340 g/mol. The molecule has 1 N–H and O–H groups in total. The number of rotatable bonds is 7. The van der Waals surface area contributed by atoms with Crippen molar-refractivity contribution in [2.75, 3.05) is 5.32 Å². The molecule has 0 amide bonds. The second-order valence-electron chi connectivity index (χ2n) is 4.71. The fourth-order valence-electron chi connectivity index (χ4n) is 1.90. The normalized spacial score (nSPS) is 11.3. The van der Waals surface area contributed by atoms with Gasteiger partial charge in [0.15, 0.2) is 0 Å². The molecule has 0 atom stereocenters. The molecule has 10 heteroatoms. The molecule has 0 aliphatic heterocycles. The quantitative estimate of drug-likeness (QED) is 0.710. The minimum absolute atomic E-state index is 0.0554. The van der Waals surface area contributed by atoms with Gasteiger partial charge in [0.05, 0.1) is 24.6 Å². The highest BCUT2D eigenvalue weighted by molar-refractivity contribution is 7.15. The number of nitrogens with zero attached hydrogens (tertiary/aromatic N) is 5. The maximum absolute atomic E-state index is 12.4. The van der Waals surface area contributed by atoms with Gasteiger partial charge in [-0.25, -0.2) is 4.98 Å². The van der Waals surface area contributed by atoms with Crippen LogP contribution in [0.15, 0.2) is 23.0 Å². The first kappa shape index (κ1) is 15.5. The molecule has 0 fully saturated rings. The number of hydrogen-bond acceptors (Lipinski definition) is 7. The van der Waals surface area contributed by atoms with Gasteiger partial charge < -0.3 is 9.73 Å². The zero-order valence-corrected chi connectivity index (χ0v) is 13.1. The Kier molecular flexibility index (Phi) is 4.60. The second kappa shape index (κ2) is 6.82. The van der Waals surface area contributed by atoms with E-state index in [9.17, 15) is 8.78 Å². The van der Waals surface area contributed by atoms with Crippen LogP contribution in [0.2, 0.25) is 0 Å². The van der Waals surface area contributed by atoms with Gasteiger partial charge in [-0.2, -0.15) is 13.9 Å². The van der Waals surface area contributed by atoms with Crippen molar-refractivity contribution >= 4 is 17.0 Å². The molecule has 3 aromatic rings. The summed E-state index contributed by atoms with van der Waals surface area (Å²) in [6, 6.07) is 0. The summed E-state index contributed by atoms with van der Waals surface area (Å²) in [7, 11) is 0. The number of nitrogens with one attached hydrogen (secondary N) is 1. The van der Waals surface area contributed by atoms with Crippen LogP contribution >= 0.6 is 11.3 Å². The number of alkyl halides is 2. The van der Waals surface area contributed by atoms with E-state index >= 15 is 0 Å². The molecule has 0 saturated carbocycles. The van der Waals surface area contributed by atoms with E-state index in [0.717, 1.165) is 23.7 Å². The first-order valence-electron chi connectivity index (χ1n) is 6.98. The smallest absolute Gasteiger partial charge is 0.314 e. The van der Waals surface area contributed by atoms with E-state index in [-0.39, 0.29) is 5.89 Å². The molecule has 7 nitrogen and oxygen atoms in total. The number of thiazole rings is 1. The molecule has 0 aromatic carbocycles. The third-order valence-electron chi connectivity index (χ3n) is 2.92. The Morgan fingerprint density at radius 3 is 2.96 bits per heavy atom. The van der Waals surface area contributed by atoms with Gasteiger partial charge in [0.2, 0.25) is 0 Å². The number of aromatic nitrogens is 5. The monoisotopic (exact) mass is 340 g/mol. The minimum Gasteiger partial charge on any atom is -0.414 e. The third kappa shape index (κ3) is 3.70. The van der Waals surface area contributed by atoms with E-state index in [0.29, 0.717) is 11.4 Å². The Hall–Kier alpha value is -2.36. The van der Waals surface area contributed by atoms with Crippen molar-refractivity contribution in [3.05, 3.63) is 29.5 Å². The Balaban J connectivity index is 1.62. The van der Waals surface area contributed by atoms with Gasteiger partial charge in [0, 0.05) is 12.7 Å². The second-order valence-corrected chi connectivity index (χ2v) is 5.83. The maximum Gasteiger partial charge on any atom is 0.314 e. The van der Waals surface area contributed by atoms with Gasteiger partial charge in [0.25, 0.3) is 11.8 Å². The lowest BCUT2D eigenvalue weighted by molar-refractivity contribution is 0.116. The molecule has 0 unspecified atom stereocenters. The zero-order valence-electron chi connectivity index (χ0n) is 12.2. The predicted molar refractivity (Wildman–Crippen MR) is 80.2 cm³/mol. The van der Waals surface area contributed by atoms with Crippen molar-refractivity contribution in [3.8, 4) is 10.8 Å². The largest absolute Gasteiger partial charge is 0.414 e. The number of hydrogen-bond donors (Lipinski definition) is 1. The van der Waals surface area contributed by atoms with E-state index in [1.165, 1.54) is 17.5 Å². The summed E-state index contributed by atoms with van der Waals surface area (Å²) in [5.74, 6) is -0.628. The van der Waals surface area contributed by atoms with Crippen LogP contribution in [0.25, 0.3) is 10.8 Å². The van der Waals surface area contributed by atoms with Crippen molar-refractivity contribution in [2.45, 2.75) is 32.9 Å². The van der Waals surface area contributed by atoms with Gasteiger partial charge in [0.1, 0.15) is 9.88 Å². The summed E-state index contributed by atoms with van der Waals surface area (Å²) >= 11 is 1.31. The van der Waals surface area contributed by atoms with Crippen LogP contribution < -0.4 is 5.32 Å². The van der Waals surface area contributed by atoms with Crippen LogP contribution in [0, 0.1) is 0 Å². The highest BCUT2D eigenvalue weighted by Crippen LogP contribution is 2.27. The summed E-state index contributed by atoms with van der Waals surface area (Å²) in [6.07, 6.45) is 3.44. The van der Waals surface area contributed by atoms with Crippen molar-refractivity contribution in [1.29, 1.82) is 0 Å². The lowest BCUT2D eigenvalue weighted by atomic mass is 10.5. The van der Waals surface area contributed by atoms with E-state index in [2.05, 4.69) is 32.5 Å². The fraction of sp³-hybridized carbons (Fsp3) is 0.385. The Bertz CT molecular complexity index is 768. The summed E-state index contributed by atoms with van der Waals surface area (Å²) in [5.41, 5.74) is 0.896. The van der Waals surface area contributed by atoms with Crippen LogP contribution in [0.5, 0.6) is 0 Å². The van der Waals surface area contributed by atoms with Gasteiger partial charge in [-0.3, -0.25) is 4.68 Å². The Labute approximate surface area is 134 Å². The van der Waals surface area contributed by atoms with Gasteiger partial charge >= 0.3 is 6.43 Å². The van der Waals surface area contributed by atoms with Crippen LogP contribution in [-0.4, -0.2) is 25.0 Å². The highest BCUT2D eigenvalue weighted by atomic mass is 32.1. The topological polar surface area (TPSA) is 81.7 Å². The molecule has 0 saturated heterocycles. The number of halogens is 2. The Morgan fingerprint density at radius 2 is 2.22 bits per heavy atom. The number of anilines is 1. The van der Waals surface area contributed by atoms with Crippen molar-refractivity contribution in [3.63, 3.8) is 0 Å². The van der Waals surface area contributed by atoms with Gasteiger partial charge in [-0.05, 0) is 6.42 Å². The van der Waals surface area contributed by atoms with Crippen LogP contribution in [0.1, 0.15) is 30.7 Å². The Morgan fingerprint density at radius 1 is 1.35 bits per heavy atom. The molecular formula is C13H14F2N6OS. The minimum atomic E-state index is -2.77. The van der Waals surface area contributed by atoms with Gasteiger partial charge in [-0.1, -0.05) is 6.92 Å². The predicted octanol–water partition coefficient (Wildman–Crippen LogP) is 3.35. The third-order valence-corrected chi connectivity index (χ3v) is 3.91. The number of aryl methyl sites for hydroxylation is 1. The van der Waals surface area contributed by atoms with Crippen molar-refractivity contribution in [2.24, 2.45) is 0 Å². The maximum atomic E-state index is 12.4. The van der Waals surface area contributed by atoms with E-state index in [1.54, 1.807) is 6.20 Å². The molecule has 0 aliphatic rings.